The van der Waals surface area contributed by atoms with Crippen LogP contribution in [0.25, 0.3) is 10.6 Å². The van der Waals surface area contributed by atoms with Gasteiger partial charge in [-0.05, 0) is 30.3 Å². The molecule has 2 aromatic heterocycles. The van der Waals surface area contributed by atoms with E-state index in [0.29, 0.717) is 6.54 Å². The average molecular weight is 315 g/mol. The first-order valence-corrected chi connectivity index (χ1v) is 7.62. The molecule has 3 aromatic rings. The molecule has 0 aliphatic carbocycles. The molecule has 6 heteroatoms. The number of rotatable bonds is 5. The van der Waals surface area contributed by atoms with E-state index in [1.807, 2.05) is 5.38 Å². The van der Waals surface area contributed by atoms with Crippen molar-refractivity contribution in [2.24, 2.45) is 0 Å². The van der Waals surface area contributed by atoms with Crippen molar-refractivity contribution in [2.75, 3.05) is 5.32 Å². The fraction of sp³-hybridized carbons (Fsp3) is 0.125. The molecular weight excluding hydrogens is 301 g/mol. The van der Waals surface area contributed by atoms with Gasteiger partial charge in [-0.2, -0.15) is 0 Å². The number of aromatic nitrogens is 2. The van der Waals surface area contributed by atoms with Crippen LogP contribution in [0, 0.1) is 5.82 Å². The zero-order valence-electron chi connectivity index (χ0n) is 11.7. The molecule has 0 atom stereocenters. The molecule has 4 nitrogen and oxygen atoms in total. The van der Waals surface area contributed by atoms with Crippen LogP contribution in [0.5, 0.6) is 0 Å². The predicted molar refractivity (Wildman–Crippen MR) is 85.0 cm³/mol. The molecule has 0 aliphatic rings. The molecule has 0 amide bonds. The van der Waals surface area contributed by atoms with Crippen LogP contribution in [-0.4, -0.2) is 15.1 Å². The van der Waals surface area contributed by atoms with E-state index >= 15 is 0 Å². The lowest BCUT2D eigenvalue weighted by Gasteiger charge is -2.08. The van der Waals surface area contributed by atoms with Gasteiger partial charge in [0.05, 0.1) is 30.7 Å². The molecule has 0 fully saturated rings. The number of aliphatic hydroxyl groups is 1. The Hall–Kier alpha value is -2.31. The van der Waals surface area contributed by atoms with Gasteiger partial charge in [0, 0.05) is 22.7 Å². The molecule has 22 heavy (non-hydrogen) atoms. The molecule has 1 aromatic carbocycles. The molecule has 0 aliphatic heterocycles. The number of pyridine rings is 1. The Morgan fingerprint density at radius 2 is 2.00 bits per heavy atom. The molecule has 0 bridgehead atoms. The minimum absolute atomic E-state index is 0.0389. The fourth-order valence-electron chi connectivity index (χ4n) is 2.02. The lowest BCUT2D eigenvalue weighted by Crippen LogP contribution is -2.03. The van der Waals surface area contributed by atoms with Crippen LogP contribution < -0.4 is 5.32 Å². The highest BCUT2D eigenvalue weighted by Gasteiger charge is 2.06. The molecule has 112 valence electrons. The number of nitrogens with one attached hydrogen (secondary N) is 1. The van der Waals surface area contributed by atoms with Crippen LogP contribution in [0.4, 0.5) is 10.1 Å². The smallest absolute Gasteiger partial charge is 0.123 e. The maximum absolute atomic E-state index is 12.9. The summed E-state index contributed by atoms with van der Waals surface area (Å²) in [7, 11) is 0. The second-order valence-corrected chi connectivity index (χ2v) is 5.55. The van der Waals surface area contributed by atoms with Gasteiger partial charge in [-0.15, -0.1) is 11.3 Å². The van der Waals surface area contributed by atoms with E-state index in [4.69, 9.17) is 0 Å². The Morgan fingerprint density at radius 1 is 1.18 bits per heavy atom. The van der Waals surface area contributed by atoms with E-state index in [2.05, 4.69) is 15.3 Å². The van der Waals surface area contributed by atoms with Crippen molar-refractivity contribution in [1.29, 1.82) is 0 Å². The number of thiazole rings is 1. The van der Waals surface area contributed by atoms with Crippen molar-refractivity contribution in [1.82, 2.24) is 9.97 Å². The average Bonchev–Trinajstić information content (AvgIpc) is 3.03. The predicted octanol–water partition coefficient (Wildman–Crippen LogP) is 3.45. The van der Waals surface area contributed by atoms with Crippen LogP contribution in [0.15, 0.2) is 48.1 Å². The van der Waals surface area contributed by atoms with Gasteiger partial charge < -0.3 is 10.4 Å². The standard InChI is InChI=1S/C16H14FN3OS/c17-13-3-1-11(2-4-13)16-20-14(10-22-16)7-19-15-8-18-6-5-12(15)9-21/h1-6,8,10,19,21H,7,9H2. The van der Waals surface area contributed by atoms with Crippen molar-refractivity contribution in [2.45, 2.75) is 13.2 Å². The Labute approximate surface area is 131 Å². The maximum Gasteiger partial charge on any atom is 0.123 e. The topological polar surface area (TPSA) is 58.0 Å². The SMILES string of the molecule is OCc1ccncc1NCc1csc(-c2ccc(F)cc2)n1. The summed E-state index contributed by atoms with van der Waals surface area (Å²) < 4.78 is 12.9. The van der Waals surface area contributed by atoms with Crippen molar-refractivity contribution in [3.63, 3.8) is 0 Å². The first-order chi connectivity index (χ1) is 10.8. The number of halogens is 1. The third-order valence-electron chi connectivity index (χ3n) is 3.18. The molecular formula is C16H14FN3OS. The van der Waals surface area contributed by atoms with E-state index < -0.39 is 0 Å². The summed E-state index contributed by atoms with van der Waals surface area (Å²) in [6, 6.07) is 8.07. The van der Waals surface area contributed by atoms with Crippen LogP contribution in [0.1, 0.15) is 11.3 Å². The van der Waals surface area contributed by atoms with Crippen LogP contribution in [-0.2, 0) is 13.2 Å². The van der Waals surface area contributed by atoms with Gasteiger partial charge in [0.1, 0.15) is 10.8 Å². The fourth-order valence-corrected chi connectivity index (χ4v) is 2.85. The lowest BCUT2D eigenvalue weighted by atomic mass is 10.2. The summed E-state index contributed by atoms with van der Waals surface area (Å²) in [4.78, 5) is 8.57. The third kappa shape index (κ3) is 3.29. The molecule has 0 unspecified atom stereocenters. The van der Waals surface area contributed by atoms with Gasteiger partial charge in [-0.3, -0.25) is 4.98 Å². The quantitative estimate of drug-likeness (QED) is 0.757. The molecule has 3 rings (SSSR count). The summed E-state index contributed by atoms with van der Waals surface area (Å²) in [5, 5.41) is 15.3. The van der Waals surface area contributed by atoms with Crippen molar-refractivity contribution in [3.05, 3.63) is 65.2 Å². The van der Waals surface area contributed by atoms with Gasteiger partial charge in [0.25, 0.3) is 0 Å². The Kier molecular flexibility index (Phi) is 4.41. The molecule has 0 saturated carbocycles. The summed E-state index contributed by atoms with van der Waals surface area (Å²) in [6.45, 7) is 0.499. The monoisotopic (exact) mass is 315 g/mol. The Morgan fingerprint density at radius 3 is 2.77 bits per heavy atom. The highest BCUT2D eigenvalue weighted by Crippen LogP contribution is 2.24. The van der Waals surface area contributed by atoms with Crippen LogP contribution in [0.3, 0.4) is 0 Å². The summed E-state index contributed by atoms with van der Waals surface area (Å²) in [5.74, 6) is -0.254. The van der Waals surface area contributed by atoms with Crippen LogP contribution >= 0.6 is 11.3 Å². The van der Waals surface area contributed by atoms with E-state index in [-0.39, 0.29) is 12.4 Å². The van der Waals surface area contributed by atoms with Crippen molar-refractivity contribution < 1.29 is 9.50 Å². The number of nitrogens with zero attached hydrogens (tertiary/aromatic N) is 2. The molecule has 0 spiro atoms. The van der Waals surface area contributed by atoms with E-state index in [0.717, 1.165) is 27.5 Å². The number of hydrogen-bond acceptors (Lipinski definition) is 5. The number of anilines is 1. The highest BCUT2D eigenvalue weighted by atomic mass is 32.1. The molecule has 0 saturated heterocycles. The number of benzene rings is 1. The largest absolute Gasteiger partial charge is 0.392 e. The third-order valence-corrected chi connectivity index (χ3v) is 4.12. The zero-order valence-corrected chi connectivity index (χ0v) is 12.5. The van der Waals surface area contributed by atoms with Crippen molar-refractivity contribution in [3.8, 4) is 10.6 Å². The Balaban J connectivity index is 1.71. The minimum Gasteiger partial charge on any atom is -0.392 e. The van der Waals surface area contributed by atoms with E-state index in [1.165, 1.54) is 23.5 Å². The van der Waals surface area contributed by atoms with Crippen molar-refractivity contribution >= 4 is 17.0 Å². The lowest BCUT2D eigenvalue weighted by molar-refractivity contribution is 0.282. The first kappa shape index (κ1) is 14.6. The van der Waals surface area contributed by atoms with E-state index in [1.54, 1.807) is 30.6 Å². The normalized spacial score (nSPS) is 10.6. The van der Waals surface area contributed by atoms with Gasteiger partial charge in [0.15, 0.2) is 0 Å². The Bertz CT molecular complexity index is 758. The molecule has 0 radical (unpaired) electrons. The second-order valence-electron chi connectivity index (χ2n) is 4.70. The van der Waals surface area contributed by atoms with Gasteiger partial charge in [-0.25, -0.2) is 9.37 Å². The van der Waals surface area contributed by atoms with Gasteiger partial charge in [-0.1, -0.05) is 0 Å². The zero-order chi connectivity index (χ0) is 15.4. The molecule has 2 N–H and O–H groups in total. The highest BCUT2D eigenvalue weighted by molar-refractivity contribution is 7.13. The first-order valence-electron chi connectivity index (χ1n) is 6.74. The number of hydrogen-bond donors (Lipinski definition) is 2. The summed E-state index contributed by atoms with van der Waals surface area (Å²) in [6.07, 6.45) is 3.32. The van der Waals surface area contributed by atoms with Gasteiger partial charge >= 0.3 is 0 Å². The summed E-state index contributed by atoms with van der Waals surface area (Å²) >= 11 is 1.52. The maximum atomic E-state index is 12.9. The van der Waals surface area contributed by atoms with Crippen LogP contribution in [0.2, 0.25) is 0 Å². The van der Waals surface area contributed by atoms with Gasteiger partial charge in [0.2, 0.25) is 0 Å². The van der Waals surface area contributed by atoms with E-state index in [9.17, 15) is 9.50 Å². The summed E-state index contributed by atoms with van der Waals surface area (Å²) in [5.41, 5.74) is 3.37. The second kappa shape index (κ2) is 6.64. The minimum atomic E-state index is -0.254. The number of aliphatic hydroxyl groups excluding tert-OH is 1. The molecule has 2 heterocycles.